The molecule has 122 valence electrons. The molecular formula is C19H19N3O2. The average molecular weight is 321 g/mol. The van der Waals surface area contributed by atoms with Crippen molar-refractivity contribution < 1.29 is 9.53 Å². The van der Waals surface area contributed by atoms with Crippen molar-refractivity contribution in [1.29, 1.82) is 0 Å². The minimum absolute atomic E-state index is 0.157. The summed E-state index contributed by atoms with van der Waals surface area (Å²) >= 11 is 0. The van der Waals surface area contributed by atoms with Gasteiger partial charge in [-0.2, -0.15) is 5.10 Å². The highest BCUT2D eigenvalue weighted by Crippen LogP contribution is 2.23. The lowest BCUT2D eigenvalue weighted by molar-refractivity contribution is 0.0951. The molecule has 0 spiro atoms. The van der Waals surface area contributed by atoms with Gasteiger partial charge in [-0.25, -0.2) is 0 Å². The van der Waals surface area contributed by atoms with E-state index in [4.69, 9.17) is 4.74 Å². The van der Waals surface area contributed by atoms with Crippen LogP contribution in [0.3, 0.4) is 0 Å². The van der Waals surface area contributed by atoms with E-state index in [0.29, 0.717) is 17.8 Å². The fraction of sp³-hybridized carbons (Fsp3) is 0.158. The first-order chi connectivity index (χ1) is 11.7. The second-order valence-electron chi connectivity index (χ2n) is 5.56. The minimum atomic E-state index is -0.157. The van der Waals surface area contributed by atoms with Gasteiger partial charge in [0.2, 0.25) is 0 Å². The largest absolute Gasteiger partial charge is 0.497 e. The molecule has 0 unspecified atom stereocenters. The van der Waals surface area contributed by atoms with Gasteiger partial charge in [0.15, 0.2) is 0 Å². The number of rotatable bonds is 5. The molecular weight excluding hydrogens is 302 g/mol. The predicted octanol–water partition coefficient (Wildman–Crippen LogP) is 3.32. The molecule has 2 N–H and O–H groups in total. The fourth-order valence-corrected chi connectivity index (χ4v) is 2.42. The molecule has 5 nitrogen and oxygen atoms in total. The van der Waals surface area contributed by atoms with Crippen LogP contribution in [0.15, 0.2) is 54.7 Å². The van der Waals surface area contributed by atoms with Crippen LogP contribution in [0.25, 0.3) is 11.3 Å². The Morgan fingerprint density at radius 3 is 2.50 bits per heavy atom. The van der Waals surface area contributed by atoms with Crippen molar-refractivity contribution in [2.75, 3.05) is 7.11 Å². The molecule has 0 fully saturated rings. The molecule has 1 amide bonds. The zero-order valence-corrected chi connectivity index (χ0v) is 13.7. The van der Waals surface area contributed by atoms with Crippen LogP contribution in [-0.4, -0.2) is 23.2 Å². The number of carbonyl (C=O) groups excluding carboxylic acids is 1. The summed E-state index contributed by atoms with van der Waals surface area (Å²) < 4.78 is 5.16. The van der Waals surface area contributed by atoms with E-state index >= 15 is 0 Å². The van der Waals surface area contributed by atoms with Gasteiger partial charge in [0.25, 0.3) is 5.91 Å². The van der Waals surface area contributed by atoms with E-state index in [0.717, 1.165) is 16.9 Å². The third kappa shape index (κ3) is 3.46. The standard InChI is InChI=1S/C19H19N3O2/c1-13-3-5-14(6-4-13)11-20-19(23)17-12-21-22-18(17)15-7-9-16(24-2)10-8-15/h3-10,12H,11H2,1-2H3,(H,20,23)(H,21,22). The molecule has 5 heteroatoms. The van der Waals surface area contributed by atoms with E-state index in [1.807, 2.05) is 55.5 Å². The van der Waals surface area contributed by atoms with Crippen LogP contribution in [-0.2, 0) is 6.54 Å². The van der Waals surface area contributed by atoms with Crippen LogP contribution in [0, 0.1) is 6.92 Å². The summed E-state index contributed by atoms with van der Waals surface area (Å²) in [5.41, 5.74) is 4.35. The summed E-state index contributed by atoms with van der Waals surface area (Å²) in [7, 11) is 1.62. The SMILES string of the molecule is COc1ccc(-c2[nH]ncc2C(=O)NCc2ccc(C)cc2)cc1. The summed E-state index contributed by atoms with van der Waals surface area (Å²) in [5, 5.41) is 9.84. The quantitative estimate of drug-likeness (QED) is 0.757. The maximum atomic E-state index is 12.5. The summed E-state index contributed by atoms with van der Waals surface area (Å²) in [4.78, 5) is 12.5. The number of hydrogen-bond donors (Lipinski definition) is 2. The minimum Gasteiger partial charge on any atom is -0.497 e. The highest BCUT2D eigenvalue weighted by molar-refractivity contribution is 5.99. The summed E-state index contributed by atoms with van der Waals surface area (Å²) in [6.45, 7) is 2.52. The first-order valence-electron chi connectivity index (χ1n) is 7.69. The highest BCUT2D eigenvalue weighted by atomic mass is 16.5. The van der Waals surface area contributed by atoms with Gasteiger partial charge in [-0.15, -0.1) is 0 Å². The van der Waals surface area contributed by atoms with Gasteiger partial charge in [0, 0.05) is 12.1 Å². The van der Waals surface area contributed by atoms with Crippen LogP contribution in [0.4, 0.5) is 0 Å². The Kier molecular flexibility index (Phi) is 4.61. The molecule has 0 aliphatic heterocycles. The molecule has 0 radical (unpaired) electrons. The second-order valence-corrected chi connectivity index (χ2v) is 5.56. The van der Waals surface area contributed by atoms with Crippen molar-refractivity contribution in [3.63, 3.8) is 0 Å². The van der Waals surface area contributed by atoms with Gasteiger partial charge in [-0.3, -0.25) is 9.89 Å². The Balaban J connectivity index is 1.73. The van der Waals surface area contributed by atoms with Gasteiger partial charge in [0.05, 0.1) is 24.6 Å². The number of ether oxygens (including phenoxy) is 1. The number of methoxy groups -OCH3 is 1. The molecule has 0 saturated carbocycles. The van der Waals surface area contributed by atoms with E-state index in [9.17, 15) is 4.79 Å². The lowest BCUT2D eigenvalue weighted by Crippen LogP contribution is -2.22. The van der Waals surface area contributed by atoms with Gasteiger partial charge in [-0.05, 0) is 36.8 Å². The summed E-state index contributed by atoms with van der Waals surface area (Å²) in [6, 6.07) is 15.6. The molecule has 0 aliphatic carbocycles. The molecule has 1 aromatic heterocycles. The Labute approximate surface area is 140 Å². The van der Waals surface area contributed by atoms with Gasteiger partial charge < -0.3 is 10.1 Å². The van der Waals surface area contributed by atoms with Crippen molar-refractivity contribution in [2.45, 2.75) is 13.5 Å². The van der Waals surface area contributed by atoms with E-state index in [1.165, 1.54) is 5.56 Å². The normalized spacial score (nSPS) is 10.4. The van der Waals surface area contributed by atoms with Crippen LogP contribution >= 0.6 is 0 Å². The van der Waals surface area contributed by atoms with Crippen molar-refractivity contribution in [1.82, 2.24) is 15.5 Å². The first kappa shape index (κ1) is 15.8. The molecule has 1 heterocycles. The van der Waals surface area contributed by atoms with E-state index in [-0.39, 0.29) is 5.91 Å². The Hall–Kier alpha value is -3.08. The molecule has 24 heavy (non-hydrogen) atoms. The molecule has 0 bridgehead atoms. The molecule has 2 aromatic carbocycles. The maximum Gasteiger partial charge on any atom is 0.255 e. The summed E-state index contributed by atoms with van der Waals surface area (Å²) in [5.74, 6) is 0.610. The van der Waals surface area contributed by atoms with Crippen LogP contribution in [0.2, 0.25) is 0 Å². The monoisotopic (exact) mass is 321 g/mol. The Morgan fingerprint density at radius 1 is 1.12 bits per heavy atom. The van der Waals surface area contributed by atoms with Gasteiger partial charge in [-0.1, -0.05) is 29.8 Å². The number of amides is 1. The number of benzene rings is 2. The number of carbonyl (C=O) groups is 1. The van der Waals surface area contributed by atoms with Crippen molar-refractivity contribution >= 4 is 5.91 Å². The molecule has 0 aliphatic rings. The third-order valence-electron chi connectivity index (χ3n) is 3.84. The second kappa shape index (κ2) is 7.00. The zero-order chi connectivity index (χ0) is 16.9. The van der Waals surface area contributed by atoms with Crippen molar-refractivity contribution in [3.8, 4) is 17.0 Å². The number of aromatic nitrogens is 2. The van der Waals surface area contributed by atoms with Crippen LogP contribution < -0.4 is 10.1 Å². The van der Waals surface area contributed by atoms with Crippen molar-refractivity contribution in [2.24, 2.45) is 0 Å². The zero-order valence-electron chi connectivity index (χ0n) is 13.7. The highest BCUT2D eigenvalue weighted by Gasteiger charge is 2.15. The lowest BCUT2D eigenvalue weighted by Gasteiger charge is -2.07. The van der Waals surface area contributed by atoms with E-state index in [1.54, 1.807) is 13.3 Å². The lowest BCUT2D eigenvalue weighted by atomic mass is 10.1. The number of aryl methyl sites for hydroxylation is 1. The number of nitrogens with zero attached hydrogens (tertiary/aromatic N) is 1. The van der Waals surface area contributed by atoms with E-state index < -0.39 is 0 Å². The smallest absolute Gasteiger partial charge is 0.255 e. The Morgan fingerprint density at radius 2 is 1.83 bits per heavy atom. The number of H-pyrrole nitrogens is 1. The van der Waals surface area contributed by atoms with Gasteiger partial charge >= 0.3 is 0 Å². The van der Waals surface area contributed by atoms with Crippen LogP contribution in [0.1, 0.15) is 21.5 Å². The topological polar surface area (TPSA) is 67.0 Å². The van der Waals surface area contributed by atoms with Crippen LogP contribution in [0.5, 0.6) is 5.75 Å². The Bertz CT molecular complexity index is 821. The molecule has 3 rings (SSSR count). The number of hydrogen-bond acceptors (Lipinski definition) is 3. The molecule has 3 aromatic rings. The average Bonchev–Trinajstić information content (AvgIpc) is 3.11. The molecule has 0 atom stereocenters. The van der Waals surface area contributed by atoms with Gasteiger partial charge in [0.1, 0.15) is 5.75 Å². The third-order valence-corrected chi connectivity index (χ3v) is 3.84. The summed E-state index contributed by atoms with van der Waals surface area (Å²) in [6.07, 6.45) is 1.55. The molecule has 0 saturated heterocycles. The van der Waals surface area contributed by atoms with Crippen molar-refractivity contribution in [3.05, 3.63) is 71.4 Å². The first-order valence-corrected chi connectivity index (χ1v) is 7.69. The fourth-order valence-electron chi connectivity index (χ4n) is 2.42. The maximum absolute atomic E-state index is 12.5. The van der Waals surface area contributed by atoms with E-state index in [2.05, 4.69) is 15.5 Å². The predicted molar refractivity (Wildman–Crippen MR) is 92.9 cm³/mol. The number of nitrogens with one attached hydrogen (secondary N) is 2. The number of aromatic amines is 1.